The zero-order chi connectivity index (χ0) is 42.9. The predicted molar refractivity (Wildman–Crippen MR) is 219 cm³/mol. The van der Waals surface area contributed by atoms with Crippen LogP contribution in [0.15, 0.2) is 50.5 Å². The number of nitrogens with zero attached hydrogens (tertiary/aromatic N) is 5. The fourth-order valence-corrected chi connectivity index (χ4v) is 6.61. The number of likely N-dealkylation sites (tertiary alicyclic amines) is 1. The van der Waals surface area contributed by atoms with E-state index >= 15 is 0 Å². The van der Waals surface area contributed by atoms with E-state index < -0.39 is 28.0 Å². The van der Waals surface area contributed by atoms with Crippen molar-refractivity contribution in [3.05, 3.63) is 64.8 Å². The highest BCUT2D eigenvalue weighted by molar-refractivity contribution is 5.86. The molecule has 0 atom stereocenters. The van der Waals surface area contributed by atoms with E-state index in [2.05, 4.69) is 64.9 Å². The molecule has 1 aliphatic carbocycles. The normalized spacial score (nSPS) is 17.1. The number of alkyl halides is 1. The number of aromatic nitrogens is 4. The summed E-state index contributed by atoms with van der Waals surface area (Å²) >= 11 is 0. The lowest BCUT2D eigenvalue weighted by molar-refractivity contribution is 0.107. The molecular weight excluding hydrogens is 769 g/mol. The molecule has 0 unspecified atom stereocenters. The molecular formula is C41H54FN7O10. The van der Waals surface area contributed by atoms with E-state index in [0.717, 1.165) is 25.0 Å². The minimum absolute atomic E-state index is 0.0693. The van der Waals surface area contributed by atoms with Gasteiger partial charge >= 0.3 is 29.4 Å². The van der Waals surface area contributed by atoms with E-state index in [9.17, 15) is 28.4 Å². The molecule has 2 aliphatic rings. The van der Waals surface area contributed by atoms with E-state index in [0.29, 0.717) is 93.8 Å². The molecule has 1 saturated carbocycles. The van der Waals surface area contributed by atoms with Gasteiger partial charge in [0, 0.05) is 38.1 Å². The summed E-state index contributed by atoms with van der Waals surface area (Å²) in [5.74, 6) is 0.430. The maximum Gasteiger partial charge on any atom is 0.409 e. The van der Waals surface area contributed by atoms with Gasteiger partial charge in [-0.1, -0.05) is 44.9 Å². The fourth-order valence-electron chi connectivity index (χ4n) is 6.61. The molecule has 0 bridgehead atoms. The van der Waals surface area contributed by atoms with E-state index in [1.807, 2.05) is 0 Å². The zero-order valence-corrected chi connectivity index (χ0v) is 34.8. The summed E-state index contributed by atoms with van der Waals surface area (Å²) in [6.07, 6.45) is 6.18. The number of ether oxygens (including phenoxy) is 1. The van der Waals surface area contributed by atoms with Gasteiger partial charge in [0.1, 0.15) is 16.4 Å². The van der Waals surface area contributed by atoms with Gasteiger partial charge < -0.3 is 28.1 Å². The molecule has 0 radical (unpaired) electrons. The number of aromatic amines is 2. The quantitative estimate of drug-likeness (QED) is 0.150. The number of aryl methyl sites for hydroxylation is 2. The van der Waals surface area contributed by atoms with Crippen molar-refractivity contribution in [1.29, 1.82) is 0 Å². The molecule has 6 rings (SSSR count). The minimum Gasteiger partial charge on any atom is -0.450 e. The van der Waals surface area contributed by atoms with Crippen LogP contribution < -0.4 is 32.0 Å². The summed E-state index contributed by atoms with van der Waals surface area (Å²) < 4.78 is 29.1. The number of nitrogens with one attached hydrogen (secondary N) is 2. The topological polar surface area (TPSA) is 225 Å². The van der Waals surface area contributed by atoms with Gasteiger partial charge in [0.25, 0.3) is 11.1 Å². The number of H-pyrrole nitrogens is 2. The second kappa shape index (κ2) is 19.4. The van der Waals surface area contributed by atoms with Crippen LogP contribution in [0.5, 0.6) is 12.0 Å². The fraction of sp³-hybridized carbons (Fsp3) is 0.585. The van der Waals surface area contributed by atoms with Crippen LogP contribution in [-0.2, 0) is 17.6 Å². The smallest absolute Gasteiger partial charge is 0.409 e. The van der Waals surface area contributed by atoms with Crippen molar-refractivity contribution in [3.8, 4) is 12.0 Å². The Kier molecular flexibility index (Phi) is 14.6. The number of hydrogen-bond acceptors (Lipinski definition) is 14. The van der Waals surface area contributed by atoms with Gasteiger partial charge in [0.05, 0.1) is 18.0 Å². The van der Waals surface area contributed by atoms with Crippen LogP contribution in [-0.4, -0.2) is 67.7 Å². The van der Waals surface area contributed by atoms with Crippen LogP contribution in [0.2, 0.25) is 0 Å². The Morgan fingerprint density at radius 2 is 1.36 bits per heavy atom. The third kappa shape index (κ3) is 12.9. The molecule has 59 heavy (non-hydrogen) atoms. The maximum absolute atomic E-state index is 13.8. The Hall–Kier alpha value is -5.68. The number of piperidine rings is 1. The van der Waals surface area contributed by atoms with E-state index in [1.165, 1.54) is 12.1 Å². The standard InChI is InChI=1S/C22H30N4O6.C19H24FN3O4/c1-5-30-21(29)26-11-8-15(9-12-26)25-32-20-23-18(28)17-14(7-6-10-22(2,3)4)13-16(27)31-19(17)24-20;1-11(2)4-5-12-10-14(24)26-17-15(12)16(25)21-18(22-17)27-23-13-6-8-19(3,20)9-7-13/h13H,5-12H2,1-4H3,(H,23,24,28);10-11H,4-9H2,1-3H3,(H,21,22,25). The van der Waals surface area contributed by atoms with Gasteiger partial charge in [-0.25, -0.2) is 18.8 Å². The first kappa shape index (κ1) is 44.4. The van der Waals surface area contributed by atoms with Crippen LogP contribution in [0.25, 0.3) is 22.2 Å². The van der Waals surface area contributed by atoms with E-state index in [-0.39, 0.29) is 45.7 Å². The van der Waals surface area contributed by atoms with Gasteiger partial charge in [-0.3, -0.25) is 19.6 Å². The number of fused-ring (bicyclic) bond motifs is 2. The summed E-state index contributed by atoms with van der Waals surface area (Å²) in [5.41, 5.74) is -0.526. The van der Waals surface area contributed by atoms with Crippen molar-refractivity contribution in [2.75, 3.05) is 19.7 Å². The van der Waals surface area contributed by atoms with E-state index in [4.69, 9.17) is 23.2 Å². The minimum atomic E-state index is -1.18. The number of rotatable bonds is 11. The van der Waals surface area contributed by atoms with Crippen LogP contribution in [0, 0.1) is 11.3 Å². The average Bonchev–Trinajstić information content (AvgIpc) is 3.15. The van der Waals surface area contributed by atoms with Gasteiger partial charge in [-0.2, -0.15) is 9.97 Å². The molecule has 0 spiro atoms. The zero-order valence-electron chi connectivity index (χ0n) is 34.8. The highest BCUT2D eigenvalue weighted by atomic mass is 19.1. The number of amides is 1. The lowest BCUT2D eigenvalue weighted by Crippen LogP contribution is -2.39. The molecule has 5 heterocycles. The molecule has 18 heteroatoms. The molecule has 1 aliphatic heterocycles. The summed E-state index contributed by atoms with van der Waals surface area (Å²) in [6.45, 7) is 15.2. The molecule has 2 fully saturated rings. The number of halogens is 1. The summed E-state index contributed by atoms with van der Waals surface area (Å²) in [5, 5.41) is 8.52. The third-order valence-electron chi connectivity index (χ3n) is 9.97. The Bertz CT molecular complexity index is 2400. The Labute approximate surface area is 339 Å². The average molecular weight is 824 g/mol. The van der Waals surface area contributed by atoms with Crippen molar-refractivity contribution < 1.29 is 32.4 Å². The highest BCUT2D eigenvalue weighted by Crippen LogP contribution is 2.30. The molecule has 2 N–H and O–H groups in total. The van der Waals surface area contributed by atoms with Crippen molar-refractivity contribution >= 4 is 39.7 Å². The predicted octanol–water partition coefficient (Wildman–Crippen LogP) is 6.73. The van der Waals surface area contributed by atoms with Gasteiger partial charge in [-0.15, -0.1) is 0 Å². The molecule has 320 valence electrons. The van der Waals surface area contributed by atoms with Gasteiger partial charge in [0.15, 0.2) is 0 Å². The first-order chi connectivity index (χ1) is 27.9. The number of carbonyl (C=O) groups excluding carboxylic acids is 1. The van der Waals surface area contributed by atoms with Crippen molar-refractivity contribution in [2.45, 2.75) is 125 Å². The largest absolute Gasteiger partial charge is 0.450 e. The molecule has 4 aromatic rings. The van der Waals surface area contributed by atoms with Crippen molar-refractivity contribution in [1.82, 2.24) is 24.8 Å². The summed E-state index contributed by atoms with van der Waals surface area (Å²) in [6, 6.07) is 2.37. The molecule has 1 amide bonds. The Morgan fingerprint density at radius 1 is 0.864 bits per heavy atom. The van der Waals surface area contributed by atoms with Gasteiger partial charge in [0.2, 0.25) is 11.4 Å². The van der Waals surface area contributed by atoms with Crippen LogP contribution >= 0.6 is 0 Å². The first-order valence-corrected chi connectivity index (χ1v) is 20.1. The van der Waals surface area contributed by atoms with Crippen molar-refractivity contribution in [3.63, 3.8) is 0 Å². The van der Waals surface area contributed by atoms with Crippen LogP contribution in [0.3, 0.4) is 0 Å². The molecule has 4 aromatic heterocycles. The number of oxime groups is 2. The highest BCUT2D eigenvalue weighted by Gasteiger charge is 2.29. The second-order valence-corrected chi connectivity index (χ2v) is 16.7. The SMILES string of the molecule is CC(C)CCc1cc(=O)oc2nc(ON=C3CCC(C)(F)CC3)[nH]c(=O)c12.CCOC(=O)N1CCC(=NOc2nc3oc(=O)cc(CCCC(C)(C)C)c3c(=O)[nH]2)CC1. The number of carbonyl (C=O) groups is 1. The van der Waals surface area contributed by atoms with Crippen LogP contribution in [0.1, 0.15) is 117 Å². The Morgan fingerprint density at radius 3 is 1.83 bits per heavy atom. The summed E-state index contributed by atoms with van der Waals surface area (Å²) in [7, 11) is 0. The molecule has 17 nitrogen and oxygen atoms in total. The van der Waals surface area contributed by atoms with Gasteiger partial charge in [-0.05, 0) is 94.1 Å². The monoisotopic (exact) mass is 823 g/mol. The second-order valence-electron chi connectivity index (χ2n) is 16.7. The van der Waals surface area contributed by atoms with E-state index in [1.54, 1.807) is 18.7 Å². The Balaban J connectivity index is 0.000000227. The maximum atomic E-state index is 13.8. The van der Waals surface area contributed by atoms with Crippen LogP contribution in [0.4, 0.5) is 9.18 Å². The molecule has 1 saturated heterocycles. The van der Waals surface area contributed by atoms with Crippen molar-refractivity contribution in [2.24, 2.45) is 21.6 Å². The lowest BCUT2D eigenvalue weighted by atomic mass is 9.87. The number of hydrogen-bond donors (Lipinski definition) is 2. The third-order valence-corrected chi connectivity index (χ3v) is 9.97. The molecule has 0 aromatic carbocycles. The first-order valence-electron chi connectivity index (χ1n) is 20.1. The lowest BCUT2D eigenvalue weighted by Gasteiger charge is -2.26. The summed E-state index contributed by atoms with van der Waals surface area (Å²) in [4.78, 5) is 86.1.